The Bertz CT molecular complexity index is 831. The number of nitrogens with two attached hydrogens (primary N) is 1. The van der Waals surface area contributed by atoms with Gasteiger partial charge < -0.3 is 24.8 Å². The summed E-state index contributed by atoms with van der Waals surface area (Å²) in [5.41, 5.74) is 9.01. The highest BCUT2D eigenvalue weighted by molar-refractivity contribution is 6.16. The van der Waals surface area contributed by atoms with Crippen LogP contribution in [0.25, 0.3) is 11.1 Å². The zero-order valence-corrected chi connectivity index (χ0v) is 15.2. The summed E-state index contributed by atoms with van der Waals surface area (Å²) in [6.07, 6.45) is 4.27. The predicted octanol–water partition coefficient (Wildman–Crippen LogP) is 2.30. The van der Waals surface area contributed by atoms with Crippen LogP contribution in [-0.4, -0.2) is 27.1 Å². The molecule has 1 aromatic heterocycles. The van der Waals surface area contributed by atoms with Crippen molar-refractivity contribution in [3.8, 4) is 16.9 Å². The first-order chi connectivity index (χ1) is 12.1. The number of hydrogen-bond donors (Lipinski definition) is 2. The Hall–Kier alpha value is -2.41. The van der Waals surface area contributed by atoms with Gasteiger partial charge in [0.2, 0.25) is 0 Å². The molecule has 6 nitrogen and oxygen atoms in total. The van der Waals surface area contributed by atoms with Crippen molar-refractivity contribution < 1.29 is 9.20 Å². The summed E-state index contributed by atoms with van der Waals surface area (Å²) >= 11 is 0. The van der Waals surface area contributed by atoms with Gasteiger partial charge in [0.1, 0.15) is 11.4 Å². The normalized spacial score (nSPS) is 13.5. The molecule has 0 saturated heterocycles. The average molecular weight is 356 g/mol. The van der Waals surface area contributed by atoms with Crippen molar-refractivity contribution in [1.82, 2.24) is 4.57 Å². The van der Waals surface area contributed by atoms with Gasteiger partial charge in [0.05, 0.1) is 12.3 Å². The van der Waals surface area contributed by atoms with Gasteiger partial charge in [-0.2, -0.15) is 0 Å². The van der Waals surface area contributed by atoms with E-state index in [0.717, 1.165) is 17.7 Å². The van der Waals surface area contributed by atoms with E-state index < -0.39 is 0 Å². The molecule has 7 heteroatoms. The fraction of sp³-hybridized carbons (Fsp3) is 0.389. The van der Waals surface area contributed by atoms with Crippen molar-refractivity contribution >= 4 is 20.8 Å². The number of benzene rings is 1. The molecule has 2 aromatic rings. The first kappa shape index (κ1) is 17.4. The monoisotopic (exact) mass is 356 g/mol. The number of hydrogen-bond acceptors (Lipinski definition) is 5. The van der Waals surface area contributed by atoms with Crippen LogP contribution in [0.5, 0.6) is 5.75 Å². The molecule has 1 aromatic carbocycles. The predicted molar refractivity (Wildman–Crippen MR) is 99.5 cm³/mol. The van der Waals surface area contributed by atoms with Gasteiger partial charge in [-0.05, 0) is 42.5 Å². The Balaban J connectivity index is 1.83. The van der Waals surface area contributed by atoms with Crippen LogP contribution >= 0.6 is 0 Å². The number of nitrogen functional groups attached to an aromatic ring is 1. The smallest absolute Gasteiger partial charge is 0.329 e. The van der Waals surface area contributed by atoms with E-state index in [1.165, 1.54) is 12.8 Å². The van der Waals surface area contributed by atoms with Crippen molar-refractivity contribution in [1.29, 1.82) is 0 Å². The molecular formula is C18H22N3O3Si. The second kappa shape index (κ2) is 7.65. The molecule has 3 N–H and O–H groups in total. The Morgan fingerprint density at radius 2 is 2.12 bits per heavy atom. The largest absolute Gasteiger partial charge is 0.491 e. The third-order valence-corrected chi connectivity index (χ3v) is 4.67. The minimum Gasteiger partial charge on any atom is -0.491 e. The van der Waals surface area contributed by atoms with E-state index in [0.29, 0.717) is 35.7 Å². The van der Waals surface area contributed by atoms with Gasteiger partial charge in [0.25, 0.3) is 5.56 Å². The summed E-state index contributed by atoms with van der Waals surface area (Å²) in [6.45, 7) is 1.22. The van der Waals surface area contributed by atoms with E-state index in [9.17, 15) is 9.26 Å². The lowest BCUT2D eigenvalue weighted by Crippen LogP contribution is -2.21. The van der Waals surface area contributed by atoms with E-state index in [2.05, 4.69) is 5.32 Å². The van der Waals surface area contributed by atoms with E-state index in [-0.39, 0.29) is 15.0 Å². The van der Waals surface area contributed by atoms with Gasteiger partial charge in [-0.25, -0.2) is 0 Å². The van der Waals surface area contributed by atoms with Crippen LogP contribution in [0.3, 0.4) is 0 Å². The van der Waals surface area contributed by atoms with Gasteiger partial charge in [-0.1, -0.05) is 6.07 Å². The standard InChI is InChI=1S/C18H22N3O3Si/c1-21-11-14(9-16(18(21)22)20-10-12-2-3-12)13-4-5-17(15(19)8-13)24-6-7-25-23/h4-5,8-9,11-12,20H,2-3,6-7,10,19H2,1H3. The number of nitrogens with zero attached hydrogens (tertiary/aromatic N) is 1. The van der Waals surface area contributed by atoms with E-state index in [1.54, 1.807) is 23.9 Å². The lowest BCUT2D eigenvalue weighted by atomic mass is 10.1. The Kier molecular flexibility index (Phi) is 5.33. The molecule has 0 amide bonds. The maximum absolute atomic E-state index is 12.3. The van der Waals surface area contributed by atoms with Gasteiger partial charge >= 0.3 is 9.41 Å². The third-order valence-electron chi connectivity index (χ3n) is 4.27. The van der Waals surface area contributed by atoms with Crippen LogP contribution in [0.2, 0.25) is 6.04 Å². The van der Waals surface area contributed by atoms with E-state index in [4.69, 9.17) is 10.5 Å². The average Bonchev–Trinajstić information content (AvgIpc) is 3.42. The van der Waals surface area contributed by atoms with Crippen molar-refractivity contribution in [3.05, 3.63) is 40.8 Å². The number of aryl methyl sites for hydroxylation is 1. The molecule has 0 unspecified atom stereocenters. The molecule has 0 spiro atoms. The molecule has 3 rings (SSSR count). The summed E-state index contributed by atoms with van der Waals surface area (Å²) in [5.74, 6) is 1.27. The Morgan fingerprint density at radius 3 is 2.80 bits per heavy atom. The maximum atomic E-state index is 12.3. The second-order valence-electron chi connectivity index (χ2n) is 6.38. The fourth-order valence-electron chi connectivity index (χ4n) is 2.63. The highest BCUT2D eigenvalue weighted by Gasteiger charge is 2.21. The number of aromatic nitrogens is 1. The molecule has 1 radical (unpaired) electrons. The summed E-state index contributed by atoms with van der Waals surface area (Å²) < 4.78 is 17.6. The number of pyridine rings is 1. The van der Waals surface area contributed by atoms with Crippen LogP contribution in [0.4, 0.5) is 11.4 Å². The summed E-state index contributed by atoms with van der Waals surface area (Å²) in [4.78, 5) is 12.3. The van der Waals surface area contributed by atoms with E-state index in [1.807, 2.05) is 18.2 Å². The first-order valence-electron chi connectivity index (χ1n) is 8.40. The van der Waals surface area contributed by atoms with Gasteiger partial charge in [-0.3, -0.25) is 4.79 Å². The molecular weight excluding hydrogens is 334 g/mol. The number of nitrogens with one attached hydrogen (secondary N) is 1. The van der Waals surface area contributed by atoms with Crippen molar-refractivity contribution in [2.75, 3.05) is 24.2 Å². The summed E-state index contributed by atoms with van der Waals surface area (Å²) in [7, 11) is 1.37. The SMILES string of the molecule is Cn1cc(-c2ccc(OCC[Si]=O)c(N)c2)cc(NCC2CC2)c1=O. The van der Waals surface area contributed by atoms with E-state index >= 15 is 0 Å². The first-order valence-corrected chi connectivity index (χ1v) is 9.52. The summed E-state index contributed by atoms with van der Waals surface area (Å²) in [5, 5.41) is 3.27. The number of anilines is 2. The number of rotatable bonds is 8. The van der Waals surface area contributed by atoms with Crippen molar-refractivity contribution in [3.63, 3.8) is 0 Å². The Morgan fingerprint density at radius 1 is 1.32 bits per heavy atom. The van der Waals surface area contributed by atoms with Crippen LogP contribution < -0.4 is 21.3 Å². The van der Waals surface area contributed by atoms with Crippen molar-refractivity contribution in [2.45, 2.75) is 18.9 Å². The topological polar surface area (TPSA) is 86.3 Å². The molecule has 1 aliphatic rings. The highest BCUT2D eigenvalue weighted by Crippen LogP contribution is 2.30. The van der Waals surface area contributed by atoms with Crippen molar-refractivity contribution in [2.24, 2.45) is 13.0 Å². The minimum absolute atomic E-state index is 0.0317. The molecule has 25 heavy (non-hydrogen) atoms. The molecule has 0 aliphatic heterocycles. The van der Waals surface area contributed by atoms with Gasteiger partial charge in [0, 0.05) is 31.4 Å². The lowest BCUT2D eigenvalue weighted by Gasteiger charge is -2.12. The second-order valence-corrected chi connectivity index (χ2v) is 7.17. The molecule has 1 saturated carbocycles. The number of ether oxygens (including phenoxy) is 1. The van der Waals surface area contributed by atoms with Gasteiger partial charge in [0.15, 0.2) is 0 Å². The zero-order valence-electron chi connectivity index (χ0n) is 14.2. The Labute approximate surface area is 148 Å². The van der Waals surface area contributed by atoms with Crippen LogP contribution in [0.1, 0.15) is 12.8 Å². The highest BCUT2D eigenvalue weighted by atomic mass is 28.2. The van der Waals surface area contributed by atoms with Crippen LogP contribution in [0, 0.1) is 5.92 Å². The van der Waals surface area contributed by atoms with Crippen LogP contribution in [-0.2, 0) is 11.5 Å². The summed E-state index contributed by atoms with van der Waals surface area (Å²) in [6, 6.07) is 7.91. The fourth-order valence-corrected chi connectivity index (χ4v) is 2.82. The molecule has 0 atom stereocenters. The molecule has 1 fully saturated rings. The minimum atomic E-state index is -0.376. The molecule has 1 heterocycles. The molecule has 0 bridgehead atoms. The molecule has 1 aliphatic carbocycles. The quantitative estimate of drug-likeness (QED) is 0.431. The van der Waals surface area contributed by atoms with Crippen LogP contribution in [0.15, 0.2) is 35.3 Å². The lowest BCUT2D eigenvalue weighted by molar-refractivity contribution is 0.339. The van der Waals surface area contributed by atoms with Gasteiger partial charge in [-0.15, -0.1) is 0 Å². The zero-order chi connectivity index (χ0) is 17.8. The third kappa shape index (κ3) is 4.36. The molecule has 131 valence electrons. The maximum Gasteiger partial charge on any atom is 0.329 e.